The summed E-state index contributed by atoms with van der Waals surface area (Å²) in [6.45, 7) is 1.40. The van der Waals surface area contributed by atoms with E-state index in [1.54, 1.807) is 43.3 Å². The number of nitrogens with zero attached hydrogens (tertiary/aromatic N) is 2. The van der Waals surface area contributed by atoms with Crippen LogP contribution in [0, 0.1) is 10.1 Å². The summed E-state index contributed by atoms with van der Waals surface area (Å²) in [5, 5.41) is 14.1. The second-order valence-corrected chi connectivity index (χ2v) is 6.28. The standard InChI is InChI=1S/C18H18ClN3O5/c1-11(17(23)20-14-7-5-4-6-13(14)19)27-18(24)12-8-9-15(21(2)3)16(10-12)22(25)26/h4-11H,1-3H3,(H,20,23)/t11-/m0/s1. The highest BCUT2D eigenvalue weighted by molar-refractivity contribution is 6.33. The molecule has 0 spiro atoms. The molecule has 142 valence electrons. The number of anilines is 2. The Hall–Kier alpha value is -3.13. The maximum Gasteiger partial charge on any atom is 0.339 e. The van der Waals surface area contributed by atoms with E-state index in [0.717, 1.165) is 6.07 Å². The van der Waals surface area contributed by atoms with E-state index in [9.17, 15) is 19.7 Å². The molecule has 27 heavy (non-hydrogen) atoms. The number of nitro benzene ring substituents is 1. The minimum atomic E-state index is -1.12. The first-order valence-electron chi connectivity index (χ1n) is 7.93. The molecule has 2 aromatic rings. The fourth-order valence-electron chi connectivity index (χ4n) is 2.25. The maximum absolute atomic E-state index is 12.3. The number of carbonyl (C=O) groups is 2. The van der Waals surface area contributed by atoms with Crippen molar-refractivity contribution in [3.8, 4) is 0 Å². The van der Waals surface area contributed by atoms with Gasteiger partial charge in [0.2, 0.25) is 0 Å². The van der Waals surface area contributed by atoms with Crippen LogP contribution in [0.5, 0.6) is 0 Å². The lowest BCUT2D eigenvalue weighted by molar-refractivity contribution is -0.384. The van der Waals surface area contributed by atoms with E-state index < -0.39 is 22.9 Å². The van der Waals surface area contributed by atoms with E-state index in [1.807, 2.05) is 0 Å². The quantitative estimate of drug-likeness (QED) is 0.459. The second kappa shape index (κ2) is 8.50. The van der Waals surface area contributed by atoms with E-state index in [4.69, 9.17) is 16.3 Å². The zero-order valence-corrected chi connectivity index (χ0v) is 15.7. The molecule has 2 aromatic carbocycles. The molecule has 8 nitrogen and oxygen atoms in total. The van der Waals surface area contributed by atoms with Crippen LogP contribution in [0.25, 0.3) is 0 Å². The predicted octanol–water partition coefficient (Wildman–Crippen LogP) is 3.50. The van der Waals surface area contributed by atoms with E-state index >= 15 is 0 Å². The van der Waals surface area contributed by atoms with Crippen LogP contribution in [-0.2, 0) is 9.53 Å². The minimum Gasteiger partial charge on any atom is -0.449 e. The molecule has 1 N–H and O–H groups in total. The smallest absolute Gasteiger partial charge is 0.339 e. The number of benzene rings is 2. The first-order chi connectivity index (χ1) is 12.7. The zero-order chi connectivity index (χ0) is 20.1. The lowest BCUT2D eigenvalue weighted by Crippen LogP contribution is -2.30. The van der Waals surface area contributed by atoms with Gasteiger partial charge in [-0.1, -0.05) is 23.7 Å². The molecule has 1 amide bonds. The average molecular weight is 392 g/mol. The first-order valence-corrected chi connectivity index (χ1v) is 8.30. The van der Waals surface area contributed by atoms with Crippen LogP contribution < -0.4 is 10.2 Å². The number of carbonyl (C=O) groups excluding carboxylic acids is 2. The Bertz CT molecular complexity index is 885. The van der Waals surface area contributed by atoms with Crippen LogP contribution in [0.15, 0.2) is 42.5 Å². The molecule has 1 atom stereocenters. The Labute approximate surface area is 160 Å². The number of rotatable bonds is 6. The molecule has 0 unspecified atom stereocenters. The third-order valence-electron chi connectivity index (χ3n) is 3.67. The average Bonchev–Trinajstić information content (AvgIpc) is 2.62. The van der Waals surface area contributed by atoms with Crippen molar-refractivity contribution >= 4 is 40.5 Å². The molecular weight excluding hydrogens is 374 g/mol. The van der Waals surface area contributed by atoms with Gasteiger partial charge in [-0.2, -0.15) is 0 Å². The number of nitro groups is 1. The van der Waals surface area contributed by atoms with Gasteiger partial charge in [0.25, 0.3) is 11.6 Å². The van der Waals surface area contributed by atoms with Crippen molar-refractivity contribution in [2.24, 2.45) is 0 Å². The number of amides is 1. The Morgan fingerprint density at radius 2 is 1.89 bits per heavy atom. The SMILES string of the molecule is C[C@H](OC(=O)c1ccc(N(C)C)c([N+](=O)[O-])c1)C(=O)Nc1ccccc1Cl. The van der Waals surface area contributed by atoms with E-state index in [1.165, 1.54) is 19.1 Å². The van der Waals surface area contributed by atoms with Crippen molar-refractivity contribution in [2.45, 2.75) is 13.0 Å². The van der Waals surface area contributed by atoms with Gasteiger partial charge < -0.3 is 15.0 Å². The molecule has 9 heteroatoms. The summed E-state index contributed by atoms with van der Waals surface area (Å²) >= 11 is 5.97. The maximum atomic E-state index is 12.3. The van der Waals surface area contributed by atoms with E-state index in [0.29, 0.717) is 16.4 Å². The van der Waals surface area contributed by atoms with Crippen LogP contribution in [0.4, 0.5) is 17.1 Å². The first kappa shape index (κ1) is 20.2. The summed E-state index contributed by atoms with van der Waals surface area (Å²) in [6, 6.07) is 10.6. The highest BCUT2D eigenvalue weighted by Crippen LogP contribution is 2.28. The Morgan fingerprint density at radius 1 is 1.22 bits per heavy atom. The number of para-hydroxylation sites is 1. The van der Waals surface area contributed by atoms with E-state index in [2.05, 4.69) is 5.32 Å². The van der Waals surface area contributed by atoms with Gasteiger partial charge in [-0.15, -0.1) is 0 Å². The fourth-order valence-corrected chi connectivity index (χ4v) is 2.44. The van der Waals surface area contributed by atoms with Gasteiger partial charge in [0, 0.05) is 20.2 Å². The molecule has 0 fully saturated rings. The largest absolute Gasteiger partial charge is 0.449 e. The molecule has 0 aliphatic carbocycles. The molecule has 0 saturated carbocycles. The van der Waals surface area contributed by atoms with Crippen molar-refractivity contribution in [1.82, 2.24) is 0 Å². The summed E-state index contributed by atoms with van der Waals surface area (Å²) < 4.78 is 5.12. The molecule has 0 aliphatic heterocycles. The Balaban J connectivity index is 2.12. The topological polar surface area (TPSA) is 102 Å². The second-order valence-electron chi connectivity index (χ2n) is 5.87. The number of hydrogen-bond acceptors (Lipinski definition) is 6. The molecule has 0 heterocycles. The fraction of sp³-hybridized carbons (Fsp3) is 0.222. The van der Waals surface area contributed by atoms with Gasteiger partial charge in [0.1, 0.15) is 5.69 Å². The molecule has 0 bridgehead atoms. The minimum absolute atomic E-state index is 0.0234. The van der Waals surface area contributed by atoms with Gasteiger partial charge in [-0.3, -0.25) is 14.9 Å². The lowest BCUT2D eigenvalue weighted by atomic mass is 10.1. The van der Waals surface area contributed by atoms with Crippen LogP contribution in [-0.4, -0.2) is 37.0 Å². The molecule has 0 radical (unpaired) electrons. The summed E-state index contributed by atoms with van der Waals surface area (Å²) in [5.74, 6) is -1.42. The van der Waals surface area contributed by atoms with Gasteiger partial charge in [-0.05, 0) is 31.2 Å². The molecule has 2 rings (SSSR count). The molecular formula is C18H18ClN3O5. The molecule has 0 saturated heterocycles. The summed E-state index contributed by atoms with van der Waals surface area (Å²) in [4.78, 5) is 36.7. The third kappa shape index (κ3) is 4.95. The van der Waals surface area contributed by atoms with Crippen molar-refractivity contribution in [3.63, 3.8) is 0 Å². The van der Waals surface area contributed by atoms with Crippen LogP contribution in [0.2, 0.25) is 5.02 Å². The number of halogens is 1. The van der Waals surface area contributed by atoms with Crippen molar-refractivity contribution in [2.75, 3.05) is 24.3 Å². The van der Waals surface area contributed by atoms with Gasteiger partial charge in [0.05, 0.1) is 21.2 Å². The van der Waals surface area contributed by atoms with Gasteiger partial charge in [-0.25, -0.2) is 4.79 Å². The van der Waals surface area contributed by atoms with E-state index in [-0.39, 0.29) is 11.3 Å². The van der Waals surface area contributed by atoms with Crippen LogP contribution >= 0.6 is 11.6 Å². The Kier molecular flexibility index (Phi) is 6.36. The van der Waals surface area contributed by atoms with Crippen molar-refractivity contribution in [1.29, 1.82) is 0 Å². The highest BCUT2D eigenvalue weighted by Gasteiger charge is 2.23. The predicted molar refractivity (Wildman–Crippen MR) is 102 cm³/mol. The highest BCUT2D eigenvalue weighted by atomic mass is 35.5. The Morgan fingerprint density at radius 3 is 2.48 bits per heavy atom. The normalized spacial score (nSPS) is 11.4. The number of hydrogen-bond donors (Lipinski definition) is 1. The van der Waals surface area contributed by atoms with Gasteiger partial charge >= 0.3 is 5.97 Å². The zero-order valence-electron chi connectivity index (χ0n) is 14.9. The summed E-state index contributed by atoms with van der Waals surface area (Å²) in [6.07, 6.45) is -1.12. The molecule has 0 aromatic heterocycles. The summed E-state index contributed by atoms with van der Waals surface area (Å²) in [5.41, 5.74) is 0.478. The third-order valence-corrected chi connectivity index (χ3v) is 4.00. The van der Waals surface area contributed by atoms with Crippen molar-refractivity contribution < 1.29 is 19.2 Å². The monoisotopic (exact) mass is 391 g/mol. The number of ether oxygens (including phenoxy) is 1. The number of esters is 1. The van der Waals surface area contributed by atoms with Crippen molar-refractivity contribution in [3.05, 3.63) is 63.2 Å². The van der Waals surface area contributed by atoms with Gasteiger partial charge in [0.15, 0.2) is 6.10 Å². The van der Waals surface area contributed by atoms with Crippen LogP contribution in [0.1, 0.15) is 17.3 Å². The van der Waals surface area contributed by atoms with Crippen LogP contribution in [0.3, 0.4) is 0 Å². The molecule has 0 aliphatic rings. The summed E-state index contributed by atoms with van der Waals surface area (Å²) in [7, 11) is 3.31. The lowest BCUT2D eigenvalue weighted by Gasteiger charge is -2.15. The number of nitrogens with one attached hydrogen (secondary N) is 1.